The maximum absolute atomic E-state index is 11.8. The van der Waals surface area contributed by atoms with Crippen LogP contribution >= 0.6 is 15.9 Å². The molecule has 108 valence electrons. The number of rotatable bonds is 4. The number of fused-ring (bicyclic) bond motifs is 1. The van der Waals surface area contributed by atoms with Crippen molar-refractivity contribution in [2.75, 3.05) is 13.4 Å². The van der Waals surface area contributed by atoms with Gasteiger partial charge in [-0.2, -0.15) is 0 Å². The van der Waals surface area contributed by atoms with E-state index in [2.05, 4.69) is 15.9 Å². The third-order valence-electron chi connectivity index (χ3n) is 3.52. The van der Waals surface area contributed by atoms with E-state index < -0.39 is 15.1 Å². The number of ether oxygens (including phenoxy) is 1. The molecule has 0 saturated heterocycles. The Morgan fingerprint density at radius 3 is 2.25 bits per heavy atom. The molecular weight excluding hydrogens is 340 g/mol. The normalized spacial score (nSPS) is 15.0. The molecule has 0 N–H and O–H groups in total. The molecule has 0 aromatic heterocycles. The van der Waals surface area contributed by atoms with Crippen molar-refractivity contribution in [2.24, 2.45) is 0 Å². The molecule has 0 bridgehead atoms. The monoisotopic (exact) mass is 356 g/mol. The lowest BCUT2D eigenvalue weighted by Crippen LogP contribution is -2.21. The minimum atomic E-state index is -3.11. The van der Waals surface area contributed by atoms with Gasteiger partial charge in [-0.25, -0.2) is 8.42 Å². The molecule has 0 amide bonds. The summed E-state index contributed by atoms with van der Waals surface area (Å²) in [6.45, 7) is 1.72. The molecule has 20 heavy (non-hydrogen) atoms. The van der Waals surface area contributed by atoms with Gasteiger partial charge in [-0.05, 0) is 23.9 Å². The zero-order valence-electron chi connectivity index (χ0n) is 11.6. The van der Waals surface area contributed by atoms with E-state index in [0.29, 0.717) is 0 Å². The molecule has 2 aromatic rings. The van der Waals surface area contributed by atoms with Crippen molar-refractivity contribution in [2.45, 2.75) is 17.0 Å². The SMILES string of the molecule is COc1ccc(C(Br)C(C)S(C)(=O)=O)c2ccccc12. The smallest absolute Gasteiger partial charge is 0.151 e. The van der Waals surface area contributed by atoms with E-state index in [1.807, 2.05) is 36.4 Å². The highest BCUT2D eigenvalue weighted by Gasteiger charge is 2.26. The topological polar surface area (TPSA) is 43.4 Å². The molecule has 0 spiro atoms. The second kappa shape index (κ2) is 5.74. The summed E-state index contributed by atoms with van der Waals surface area (Å²) in [5.41, 5.74) is 0.958. The average Bonchev–Trinajstić information content (AvgIpc) is 2.43. The van der Waals surface area contributed by atoms with E-state index in [0.717, 1.165) is 22.1 Å². The van der Waals surface area contributed by atoms with Crippen LogP contribution in [0.15, 0.2) is 36.4 Å². The van der Waals surface area contributed by atoms with Gasteiger partial charge in [-0.3, -0.25) is 0 Å². The second-order valence-corrected chi connectivity index (χ2v) is 8.23. The third-order valence-corrected chi connectivity index (χ3v) is 6.78. The minimum Gasteiger partial charge on any atom is -0.496 e. The maximum Gasteiger partial charge on any atom is 0.151 e. The first-order valence-corrected chi connectivity index (χ1v) is 9.12. The Kier molecular flexibility index (Phi) is 4.39. The molecule has 0 saturated carbocycles. The van der Waals surface area contributed by atoms with Crippen molar-refractivity contribution < 1.29 is 13.2 Å². The molecular formula is C15H17BrO3S. The molecule has 3 nitrogen and oxygen atoms in total. The summed E-state index contributed by atoms with van der Waals surface area (Å²) >= 11 is 3.53. The molecule has 0 radical (unpaired) electrons. The van der Waals surface area contributed by atoms with Gasteiger partial charge in [0, 0.05) is 11.6 Å². The highest BCUT2D eigenvalue weighted by Crippen LogP contribution is 2.38. The molecule has 0 heterocycles. The molecule has 2 rings (SSSR count). The van der Waals surface area contributed by atoms with Crippen molar-refractivity contribution in [1.82, 2.24) is 0 Å². The van der Waals surface area contributed by atoms with Gasteiger partial charge in [0.1, 0.15) is 5.75 Å². The van der Waals surface area contributed by atoms with Crippen LogP contribution in [0.4, 0.5) is 0 Å². The van der Waals surface area contributed by atoms with Crippen LogP contribution < -0.4 is 4.74 Å². The number of methoxy groups -OCH3 is 1. The molecule has 0 fully saturated rings. The molecule has 0 aliphatic heterocycles. The Hall–Kier alpha value is -1.07. The minimum absolute atomic E-state index is 0.256. The fourth-order valence-corrected chi connectivity index (χ4v) is 4.34. The van der Waals surface area contributed by atoms with Crippen LogP contribution in [-0.4, -0.2) is 27.0 Å². The quantitative estimate of drug-likeness (QED) is 0.784. The molecule has 2 unspecified atom stereocenters. The van der Waals surface area contributed by atoms with Crippen molar-refractivity contribution in [3.05, 3.63) is 42.0 Å². The van der Waals surface area contributed by atoms with E-state index in [-0.39, 0.29) is 4.83 Å². The predicted molar refractivity (Wildman–Crippen MR) is 86.5 cm³/mol. The number of sulfone groups is 1. The largest absolute Gasteiger partial charge is 0.496 e. The fourth-order valence-electron chi connectivity index (χ4n) is 2.18. The van der Waals surface area contributed by atoms with Crippen LogP contribution in [0.3, 0.4) is 0 Å². The number of halogens is 1. The highest BCUT2D eigenvalue weighted by atomic mass is 79.9. The first kappa shape index (κ1) is 15.3. The summed E-state index contributed by atoms with van der Waals surface area (Å²) < 4.78 is 28.9. The van der Waals surface area contributed by atoms with E-state index in [1.54, 1.807) is 14.0 Å². The van der Waals surface area contributed by atoms with Crippen LogP contribution in [0.2, 0.25) is 0 Å². The van der Waals surface area contributed by atoms with Gasteiger partial charge in [-0.1, -0.05) is 46.3 Å². The van der Waals surface area contributed by atoms with Crippen LogP contribution in [-0.2, 0) is 9.84 Å². The molecule has 5 heteroatoms. The van der Waals surface area contributed by atoms with Gasteiger partial charge in [0.05, 0.1) is 17.2 Å². The molecule has 2 atom stereocenters. The van der Waals surface area contributed by atoms with Crippen molar-refractivity contribution in [1.29, 1.82) is 0 Å². The second-order valence-electron chi connectivity index (χ2n) is 4.84. The number of hydrogen-bond acceptors (Lipinski definition) is 3. The van der Waals surface area contributed by atoms with Gasteiger partial charge in [0.2, 0.25) is 0 Å². The Bertz CT molecular complexity index is 725. The molecule has 0 aliphatic rings. The van der Waals surface area contributed by atoms with E-state index in [4.69, 9.17) is 4.74 Å². The first-order chi connectivity index (χ1) is 9.36. The Morgan fingerprint density at radius 1 is 1.10 bits per heavy atom. The Morgan fingerprint density at radius 2 is 1.70 bits per heavy atom. The Balaban J connectivity index is 2.61. The number of hydrogen-bond donors (Lipinski definition) is 0. The first-order valence-electron chi connectivity index (χ1n) is 6.25. The molecule has 0 aliphatic carbocycles. The predicted octanol–water partition coefficient (Wildman–Crippen LogP) is 3.72. The maximum atomic E-state index is 11.8. The van der Waals surface area contributed by atoms with Crippen LogP contribution in [0.5, 0.6) is 5.75 Å². The van der Waals surface area contributed by atoms with Crippen LogP contribution in [0.25, 0.3) is 10.8 Å². The van der Waals surface area contributed by atoms with Crippen LogP contribution in [0, 0.1) is 0 Å². The lowest BCUT2D eigenvalue weighted by Gasteiger charge is -2.19. The van der Waals surface area contributed by atoms with Crippen LogP contribution in [0.1, 0.15) is 17.3 Å². The lowest BCUT2D eigenvalue weighted by molar-refractivity contribution is 0.419. The number of benzene rings is 2. The summed E-state index contributed by atoms with van der Waals surface area (Å²) in [7, 11) is -1.48. The van der Waals surface area contributed by atoms with Gasteiger partial charge < -0.3 is 4.74 Å². The van der Waals surface area contributed by atoms with Crippen molar-refractivity contribution >= 4 is 36.5 Å². The zero-order valence-corrected chi connectivity index (χ0v) is 14.0. The fraction of sp³-hybridized carbons (Fsp3) is 0.333. The summed E-state index contributed by atoms with van der Waals surface area (Å²) in [6, 6.07) is 11.6. The summed E-state index contributed by atoms with van der Waals surface area (Å²) in [5.74, 6) is 0.788. The van der Waals surface area contributed by atoms with E-state index in [9.17, 15) is 8.42 Å². The van der Waals surface area contributed by atoms with Gasteiger partial charge in [0.15, 0.2) is 9.84 Å². The molecule has 2 aromatic carbocycles. The highest BCUT2D eigenvalue weighted by molar-refractivity contribution is 9.09. The summed E-state index contributed by atoms with van der Waals surface area (Å²) in [4.78, 5) is -0.256. The average molecular weight is 357 g/mol. The summed E-state index contributed by atoms with van der Waals surface area (Å²) in [6.07, 6.45) is 1.26. The third kappa shape index (κ3) is 2.83. The van der Waals surface area contributed by atoms with E-state index >= 15 is 0 Å². The standard InChI is InChI=1S/C15H17BrO3S/c1-10(20(3,17)18)15(16)13-8-9-14(19-2)12-7-5-4-6-11(12)13/h4-10,15H,1-3H3. The van der Waals surface area contributed by atoms with Gasteiger partial charge >= 0.3 is 0 Å². The van der Waals surface area contributed by atoms with Gasteiger partial charge in [-0.15, -0.1) is 0 Å². The number of alkyl halides is 1. The Labute approximate surface area is 128 Å². The van der Waals surface area contributed by atoms with Crippen molar-refractivity contribution in [3.8, 4) is 5.75 Å². The lowest BCUT2D eigenvalue weighted by atomic mass is 10.0. The van der Waals surface area contributed by atoms with E-state index in [1.165, 1.54) is 6.26 Å². The summed E-state index contributed by atoms with van der Waals surface area (Å²) in [5, 5.41) is 1.49. The van der Waals surface area contributed by atoms with Gasteiger partial charge in [0.25, 0.3) is 0 Å². The van der Waals surface area contributed by atoms with Crippen molar-refractivity contribution in [3.63, 3.8) is 0 Å². The zero-order chi connectivity index (χ0) is 14.9.